The topological polar surface area (TPSA) is 118 Å². The number of nitrogens with zero attached hydrogens (tertiary/aromatic N) is 1. The van der Waals surface area contributed by atoms with Crippen molar-refractivity contribution in [3.05, 3.63) is 12.0 Å². The lowest BCUT2D eigenvalue weighted by Gasteiger charge is -2.21. The number of aromatic nitrogens is 2. The van der Waals surface area contributed by atoms with Crippen LogP contribution in [0.15, 0.2) is 11.2 Å². The van der Waals surface area contributed by atoms with E-state index in [-0.39, 0.29) is 5.03 Å². The molecule has 0 aliphatic carbocycles. The van der Waals surface area contributed by atoms with Crippen molar-refractivity contribution in [1.82, 2.24) is 14.7 Å². The molecule has 90 valence electrons. The Kier molecular flexibility index (Phi) is 3.06. The molecule has 1 aromatic heterocycles. The van der Waals surface area contributed by atoms with Crippen LogP contribution in [0.3, 0.4) is 0 Å². The maximum absolute atomic E-state index is 11.8. The zero-order valence-electron chi connectivity index (χ0n) is 9.23. The molecule has 8 heteroatoms. The maximum atomic E-state index is 11.8. The summed E-state index contributed by atoms with van der Waals surface area (Å²) in [4.78, 5) is 17.3. The van der Waals surface area contributed by atoms with Crippen LogP contribution in [0, 0.1) is 6.92 Å². The molecule has 0 aliphatic rings. The standard InChI is InChI=1S/C8H14N4O3S/c1-5-10-4-6(11-5)16(14,15)12-8(2,3)7(9)13/h4,12H,1-3H3,(H2,9,13)(H,10,11). The van der Waals surface area contributed by atoms with Gasteiger partial charge < -0.3 is 10.7 Å². The minimum Gasteiger partial charge on any atom is -0.368 e. The molecule has 0 spiro atoms. The molecule has 1 aromatic rings. The second-order valence-electron chi connectivity index (χ2n) is 3.93. The molecule has 1 amide bonds. The zero-order chi connectivity index (χ0) is 12.6. The fourth-order valence-electron chi connectivity index (χ4n) is 0.976. The molecule has 0 fully saturated rings. The van der Waals surface area contributed by atoms with Crippen LogP contribution >= 0.6 is 0 Å². The van der Waals surface area contributed by atoms with E-state index in [4.69, 9.17) is 5.73 Å². The van der Waals surface area contributed by atoms with Crippen molar-refractivity contribution < 1.29 is 13.2 Å². The third kappa shape index (κ3) is 2.58. The van der Waals surface area contributed by atoms with E-state index < -0.39 is 21.5 Å². The molecule has 1 heterocycles. The molecule has 0 unspecified atom stereocenters. The van der Waals surface area contributed by atoms with Gasteiger partial charge in [-0.2, -0.15) is 4.72 Å². The molecule has 16 heavy (non-hydrogen) atoms. The van der Waals surface area contributed by atoms with Gasteiger partial charge in [-0.1, -0.05) is 0 Å². The van der Waals surface area contributed by atoms with E-state index in [1.807, 2.05) is 0 Å². The average Bonchev–Trinajstić information content (AvgIpc) is 2.50. The smallest absolute Gasteiger partial charge is 0.258 e. The van der Waals surface area contributed by atoms with Crippen LogP contribution in [0.25, 0.3) is 0 Å². The summed E-state index contributed by atoms with van der Waals surface area (Å²) in [5, 5.41) is -0.0978. The Bertz CT molecular complexity index is 503. The number of sulfonamides is 1. The van der Waals surface area contributed by atoms with Gasteiger partial charge >= 0.3 is 0 Å². The first kappa shape index (κ1) is 12.7. The van der Waals surface area contributed by atoms with Gasteiger partial charge in [0.2, 0.25) is 5.91 Å². The summed E-state index contributed by atoms with van der Waals surface area (Å²) in [6.07, 6.45) is 1.18. The average molecular weight is 246 g/mol. The number of imidazole rings is 1. The van der Waals surface area contributed by atoms with Crippen molar-refractivity contribution in [2.75, 3.05) is 0 Å². The number of hydrogen-bond acceptors (Lipinski definition) is 4. The van der Waals surface area contributed by atoms with Crippen LogP contribution in [-0.4, -0.2) is 29.8 Å². The molecular weight excluding hydrogens is 232 g/mol. The van der Waals surface area contributed by atoms with Gasteiger partial charge in [0.1, 0.15) is 11.4 Å². The van der Waals surface area contributed by atoms with E-state index in [1.54, 1.807) is 6.92 Å². The van der Waals surface area contributed by atoms with E-state index in [2.05, 4.69) is 14.7 Å². The highest BCUT2D eigenvalue weighted by atomic mass is 32.2. The minimum atomic E-state index is -3.81. The first-order valence-electron chi connectivity index (χ1n) is 4.50. The first-order chi connectivity index (χ1) is 7.15. The molecule has 7 nitrogen and oxygen atoms in total. The summed E-state index contributed by atoms with van der Waals surface area (Å²) in [6, 6.07) is 0. The van der Waals surface area contributed by atoms with Gasteiger partial charge in [0.05, 0.1) is 6.20 Å². The van der Waals surface area contributed by atoms with Crippen LogP contribution < -0.4 is 10.5 Å². The molecule has 0 aromatic carbocycles. The molecule has 1 rings (SSSR count). The van der Waals surface area contributed by atoms with Gasteiger partial charge in [-0.3, -0.25) is 4.79 Å². The van der Waals surface area contributed by atoms with E-state index in [1.165, 1.54) is 20.0 Å². The number of aryl methyl sites for hydroxylation is 1. The summed E-state index contributed by atoms with van der Waals surface area (Å²) >= 11 is 0. The predicted molar refractivity (Wildman–Crippen MR) is 56.9 cm³/mol. The lowest BCUT2D eigenvalue weighted by Crippen LogP contribution is -2.52. The molecule has 4 N–H and O–H groups in total. The fourth-order valence-corrected chi connectivity index (χ4v) is 2.33. The van der Waals surface area contributed by atoms with Gasteiger partial charge in [0.25, 0.3) is 10.0 Å². The van der Waals surface area contributed by atoms with Crippen LogP contribution in [0.2, 0.25) is 0 Å². The predicted octanol–water partition coefficient (Wildman–Crippen LogP) is -0.740. The lowest BCUT2D eigenvalue weighted by molar-refractivity contribution is -0.122. The number of carbonyl (C=O) groups is 1. The van der Waals surface area contributed by atoms with E-state index in [0.717, 1.165) is 0 Å². The van der Waals surface area contributed by atoms with Crippen LogP contribution in [-0.2, 0) is 14.8 Å². The molecular formula is C8H14N4O3S. The second-order valence-corrected chi connectivity index (χ2v) is 5.58. The number of amides is 1. The fraction of sp³-hybridized carbons (Fsp3) is 0.500. The molecule has 0 saturated heterocycles. The molecule has 0 aliphatic heterocycles. The van der Waals surface area contributed by atoms with Crippen molar-refractivity contribution in [2.45, 2.75) is 31.3 Å². The molecule has 0 radical (unpaired) electrons. The van der Waals surface area contributed by atoms with Gasteiger partial charge in [0, 0.05) is 0 Å². The Hall–Kier alpha value is -1.41. The Morgan fingerprint density at radius 1 is 1.56 bits per heavy atom. The zero-order valence-corrected chi connectivity index (χ0v) is 10.1. The Morgan fingerprint density at radius 2 is 2.12 bits per heavy atom. The number of nitrogens with one attached hydrogen (secondary N) is 2. The van der Waals surface area contributed by atoms with Gasteiger partial charge in [-0.15, -0.1) is 0 Å². The highest BCUT2D eigenvalue weighted by Gasteiger charge is 2.32. The Labute approximate surface area is 93.5 Å². The lowest BCUT2D eigenvalue weighted by atomic mass is 10.1. The van der Waals surface area contributed by atoms with Crippen molar-refractivity contribution in [3.63, 3.8) is 0 Å². The summed E-state index contributed by atoms with van der Waals surface area (Å²) < 4.78 is 25.7. The summed E-state index contributed by atoms with van der Waals surface area (Å²) in [6.45, 7) is 4.39. The highest BCUT2D eigenvalue weighted by Crippen LogP contribution is 2.10. The van der Waals surface area contributed by atoms with E-state index in [0.29, 0.717) is 5.82 Å². The molecule has 0 atom stereocenters. The SMILES string of the molecule is Cc1ncc(S(=O)(=O)NC(C)(C)C(N)=O)[nH]1. The Morgan fingerprint density at radius 3 is 2.50 bits per heavy atom. The number of aromatic amines is 1. The highest BCUT2D eigenvalue weighted by molar-refractivity contribution is 7.89. The number of primary amides is 1. The Balaban J connectivity index is 3.02. The first-order valence-corrected chi connectivity index (χ1v) is 5.99. The second kappa shape index (κ2) is 3.87. The van der Waals surface area contributed by atoms with Crippen LogP contribution in [0.4, 0.5) is 0 Å². The normalized spacial score (nSPS) is 12.7. The third-order valence-electron chi connectivity index (χ3n) is 1.97. The molecule has 0 saturated carbocycles. The number of hydrogen-bond donors (Lipinski definition) is 3. The number of nitrogens with two attached hydrogens (primary N) is 1. The molecule has 0 bridgehead atoms. The van der Waals surface area contributed by atoms with Gasteiger partial charge in [-0.05, 0) is 20.8 Å². The van der Waals surface area contributed by atoms with Gasteiger partial charge in [-0.25, -0.2) is 13.4 Å². The number of rotatable bonds is 4. The number of H-pyrrole nitrogens is 1. The third-order valence-corrected chi connectivity index (χ3v) is 3.54. The van der Waals surface area contributed by atoms with Crippen molar-refractivity contribution in [1.29, 1.82) is 0 Å². The summed E-state index contributed by atoms with van der Waals surface area (Å²) in [5.41, 5.74) is 3.72. The van der Waals surface area contributed by atoms with Crippen molar-refractivity contribution >= 4 is 15.9 Å². The van der Waals surface area contributed by atoms with Crippen molar-refractivity contribution in [3.8, 4) is 0 Å². The van der Waals surface area contributed by atoms with Crippen molar-refractivity contribution in [2.24, 2.45) is 5.73 Å². The van der Waals surface area contributed by atoms with E-state index >= 15 is 0 Å². The van der Waals surface area contributed by atoms with E-state index in [9.17, 15) is 13.2 Å². The summed E-state index contributed by atoms with van der Waals surface area (Å²) in [5.74, 6) is -0.287. The van der Waals surface area contributed by atoms with Crippen LogP contribution in [0.5, 0.6) is 0 Å². The number of carbonyl (C=O) groups excluding carboxylic acids is 1. The minimum absolute atomic E-state index is 0.0978. The van der Waals surface area contributed by atoms with Crippen LogP contribution in [0.1, 0.15) is 19.7 Å². The summed E-state index contributed by atoms with van der Waals surface area (Å²) in [7, 11) is -3.81. The quantitative estimate of drug-likeness (QED) is 0.648. The van der Waals surface area contributed by atoms with Gasteiger partial charge in [0.15, 0.2) is 5.03 Å². The monoisotopic (exact) mass is 246 g/mol. The maximum Gasteiger partial charge on any atom is 0.258 e. The largest absolute Gasteiger partial charge is 0.368 e.